The standard InChI is InChI=1S/C25H28N2O4S/c1-3-30-20-13-12-18(17-21(20)31-4-2)14-15-26-25(29)23(19-9-6-5-7-10-19)27-24(28)22-11-8-16-32-22/h5-13,16-17,23H,3-4,14-15H2,1-2H3,(H,26,29)(H,27,28). The molecule has 1 heterocycles. The van der Waals surface area contributed by atoms with E-state index in [9.17, 15) is 9.59 Å². The summed E-state index contributed by atoms with van der Waals surface area (Å²) in [6.07, 6.45) is 0.624. The van der Waals surface area contributed by atoms with Gasteiger partial charge in [0.15, 0.2) is 11.5 Å². The van der Waals surface area contributed by atoms with Crippen LogP contribution in [-0.4, -0.2) is 31.6 Å². The SMILES string of the molecule is CCOc1ccc(CCNC(=O)C(NC(=O)c2cccs2)c2ccccc2)cc1OCC. The minimum Gasteiger partial charge on any atom is -0.490 e. The summed E-state index contributed by atoms with van der Waals surface area (Å²) in [6.45, 7) is 5.39. The van der Waals surface area contributed by atoms with Gasteiger partial charge in [0.25, 0.3) is 5.91 Å². The molecule has 7 heteroatoms. The molecule has 0 aliphatic heterocycles. The number of benzene rings is 2. The molecule has 1 atom stereocenters. The van der Waals surface area contributed by atoms with Crippen LogP contribution in [0, 0.1) is 0 Å². The van der Waals surface area contributed by atoms with E-state index >= 15 is 0 Å². The van der Waals surface area contributed by atoms with Crippen molar-refractivity contribution in [1.82, 2.24) is 10.6 Å². The lowest BCUT2D eigenvalue weighted by atomic mass is 10.1. The molecule has 0 aliphatic carbocycles. The van der Waals surface area contributed by atoms with Gasteiger partial charge >= 0.3 is 0 Å². The maximum atomic E-state index is 13.0. The number of nitrogens with one attached hydrogen (secondary N) is 2. The van der Waals surface area contributed by atoms with E-state index in [0.29, 0.717) is 42.6 Å². The van der Waals surface area contributed by atoms with Gasteiger partial charge in [-0.05, 0) is 55.0 Å². The third kappa shape index (κ3) is 6.34. The molecule has 3 rings (SSSR count). The zero-order valence-corrected chi connectivity index (χ0v) is 19.1. The van der Waals surface area contributed by atoms with Crippen molar-refractivity contribution in [2.45, 2.75) is 26.3 Å². The van der Waals surface area contributed by atoms with E-state index in [4.69, 9.17) is 9.47 Å². The summed E-state index contributed by atoms with van der Waals surface area (Å²) in [4.78, 5) is 26.1. The van der Waals surface area contributed by atoms with Gasteiger partial charge in [-0.1, -0.05) is 42.5 Å². The van der Waals surface area contributed by atoms with Crippen LogP contribution in [0.3, 0.4) is 0 Å². The summed E-state index contributed by atoms with van der Waals surface area (Å²) in [7, 11) is 0. The minimum atomic E-state index is -0.773. The number of rotatable bonds is 11. The van der Waals surface area contributed by atoms with Gasteiger partial charge in [-0.2, -0.15) is 0 Å². The molecule has 0 bridgehead atoms. The summed E-state index contributed by atoms with van der Waals surface area (Å²) in [5.74, 6) is 0.889. The first-order chi connectivity index (χ1) is 15.6. The smallest absolute Gasteiger partial charge is 0.262 e. The molecular weight excluding hydrogens is 424 g/mol. The summed E-state index contributed by atoms with van der Waals surface area (Å²) < 4.78 is 11.3. The Hall–Kier alpha value is -3.32. The topological polar surface area (TPSA) is 76.7 Å². The Balaban J connectivity index is 1.65. The molecule has 2 aromatic carbocycles. The van der Waals surface area contributed by atoms with Gasteiger partial charge in [0.05, 0.1) is 18.1 Å². The number of carbonyl (C=O) groups excluding carboxylic acids is 2. The van der Waals surface area contributed by atoms with Crippen LogP contribution in [0.5, 0.6) is 11.5 Å². The van der Waals surface area contributed by atoms with Gasteiger partial charge in [0, 0.05) is 6.54 Å². The van der Waals surface area contributed by atoms with Crippen LogP contribution >= 0.6 is 11.3 Å². The van der Waals surface area contributed by atoms with Crippen molar-refractivity contribution in [3.05, 3.63) is 82.0 Å². The fourth-order valence-electron chi connectivity index (χ4n) is 3.24. The van der Waals surface area contributed by atoms with Crippen LogP contribution in [-0.2, 0) is 11.2 Å². The third-order valence-electron chi connectivity index (χ3n) is 4.74. The summed E-state index contributed by atoms with van der Waals surface area (Å²) in [6, 6.07) is 17.8. The molecule has 168 valence electrons. The fourth-order valence-corrected chi connectivity index (χ4v) is 3.87. The lowest BCUT2D eigenvalue weighted by Crippen LogP contribution is -2.40. The zero-order valence-electron chi connectivity index (χ0n) is 18.3. The van der Waals surface area contributed by atoms with Crippen molar-refractivity contribution in [3.63, 3.8) is 0 Å². The summed E-state index contributed by atoms with van der Waals surface area (Å²) in [5, 5.41) is 7.64. The lowest BCUT2D eigenvalue weighted by molar-refractivity contribution is -0.123. The lowest BCUT2D eigenvalue weighted by Gasteiger charge is -2.19. The molecular formula is C25H28N2O4S. The number of ether oxygens (including phenoxy) is 2. The Bertz CT molecular complexity index is 1010. The molecule has 2 N–H and O–H groups in total. The molecule has 32 heavy (non-hydrogen) atoms. The molecule has 0 aliphatic rings. The van der Waals surface area contributed by atoms with E-state index in [1.165, 1.54) is 11.3 Å². The quantitative estimate of drug-likeness (QED) is 0.453. The Labute approximate surface area is 192 Å². The number of carbonyl (C=O) groups is 2. The second kappa shape index (κ2) is 11.9. The van der Waals surface area contributed by atoms with Crippen molar-refractivity contribution in [2.75, 3.05) is 19.8 Å². The monoisotopic (exact) mass is 452 g/mol. The number of hydrogen-bond acceptors (Lipinski definition) is 5. The summed E-state index contributed by atoms with van der Waals surface area (Å²) in [5.41, 5.74) is 1.76. The van der Waals surface area contributed by atoms with Gasteiger partial charge in [-0.3, -0.25) is 9.59 Å². The van der Waals surface area contributed by atoms with Gasteiger partial charge in [-0.25, -0.2) is 0 Å². The van der Waals surface area contributed by atoms with E-state index in [1.54, 1.807) is 6.07 Å². The van der Waals surface area contributed by atoms with Gasteiger partial charge in [0.2, 0.25) is 5.91 Å². The number of hydrogen-bond donors (Lipinski definition) is 2. The van der Waals surface area contributed by atoms with E-state index in [-0.39, 0.29) is 11.8 Å². The highest BCUT2D eigenvalue weighted by molar-refractivity contribution is 7.12. The first-order valence-electron chi connectivity index (χ1n) is 10.7. The summed E-state index contributed by atoms with van der Waals surface area (Å²) >= 11 is 1.34. The normalized spacial score (nSPS) is 11.4. The number of amides is 2. The van der Waals surface area contributed by atoms with Crippen molar-refractivity contribution in [2.24, 2.45) is 0 Å². The van der Waals surface area contributed by atoms with E-state index in [0.717, 1.165) is 11.1 Å². The van der Waals surface area contributed by atoms with Crippen LogP contribution in [0.1, 0.15) is 40.7 Å². The van der Waals surface area contributed by atoms with Crippen LogP contribution in [0.15, 0.2) is 66.0 Å². The van der Waals surface area contributed by atoms with Crippen molar-refractivity contribution in [1.29, 1.82) is 0 Å². The van der Waals surface area contributed by atoms with E-state index in [1.807, 2.05) is 73.8 Å². The zero-order chi connectivity index (χ0) is 22.8. The van der Waals surface area contributed by atoms with E-state index in [2.05, 4.69) is 10.6 Å². The molecule has 3 aromatic rings. The maximum Gasteiger partial charge on any atom is 0.262 e. The molecule has 0 saturated heterocycles. The molecule has 6 nitrogen and oxygen atoms in total. The molecule has 0 radical (unpaired) electrons. The molecule has 2 amide bonds. The van der Waals surface area contributed by atoms with Crippen LogP contribution in [0.2, 0.25) is 0 Å². The largest absolute Gasteiger partial charge is 0.490 e. The molecule has 0 fully saturated rings. The molecule has 0 saturated carbocycles. The molecule has 1 unspecified atom stereocenters. The highest BCUT2D eigenvalue weighted by Crippen LogP contribution is 2.28. The van der Waals surface area contributed by atoms with Gasteiger partial charge in [-0.15, -0.1) is 11.3 Å². The predicted molar refractivity (Wildman–Crippen MR) is 126 cm³/mol. The van der Waals surface area contributed by atoms with Crippen molar-refractivity contribution in [3.8, 4) is 11.5 Å². The highest BCUT2D eigenvalue weighted by atomic mass is 32.1. The van der Waals surface area contributed by atoms with Gasteiger partial charge < -0.3 is 20.1 Å². The van der Waals surface area contributed by atoms with Crippen LogP contribution in [0.25, 0.3) is 0 Å². The highest BCUT2D eigenvalue weighted by Gasteiger charge is 2.23. The van der Waals surface area contributed by atoms with Gasteiger partial charge in [0.1, 0.15) is 6.04 Å². The molecule has 1 aromatic heterocycles. The van der Waals surface area contributed by atoms with Crippen LogP contribution < -0.4 is 20.1 Å². The first kappa shape index (κ1) is 23.3. The molecule has 0 spiro atoms. The second-order valence-corrected chi connectivity index (χ2v) is 7.93. The maximum absolute atomic E-state index is 13.0. The first-order valence-corrected chi connectivity index (χ1v) is 11.6. The number of thiophene rings is 1. The van der Waals surface area contributed by atoms with E-state index < -0.39 is 6.04 Å². The third-order valence-corrected chi connectivity index (χ3v) is 5.60. The fraction of sp³-hybridized carbons (Fsp3) is 0.280. The Morgan fingerprint density at radius 1 is 0.938 bits per heavy atom. The Kier molecular flexibility index (Phi) is 8.69. The van der Waals surface area contributed by atoms with Crippen molar-refractivity contribution >= 4 is 23.2 Å². The Morgan fingerprint density at radius 3 is 2.38 bits per heavy atom. The Morgan fingerprint density at radius 2 is 1.69 bits per heavy atom. The average Bonchev–Trinajstić information content (AvgIpc) is 3.35. The van der Waals surface area contributed by atoms with Crippen LogP contribution in [0.4, 0.5) is 0 Å². The predicted octanol–water partition coefficient (Wildman–Crippen LogP) is 4.38. The van der Waals surface area contributed by atoms with Crippen molar-refractivity contribution < 1.29 is 19.1 Å². The second-order valence-electron chi connectivity index (χ2n) is 6.98. The minimum absolute atomic E-state index is 0.253. The average molecular weight is 453 g/mol.